The molecule has 0 aliphatic carbocycles. The van der Waals surface area contributed by atoms with Gasteiger partial charge in [0.1, 0.15) is 5.82 Å². The molecule has 0 aliphatic rings. The van der Waals surface area contributed by atoms with Gasteiger partial charge in [-0.2, -0.15) is 0 Å². The minimum atomic E-state index is -3.77. The van der Waals surface area contributed by atoms with E-state index < -0.39 is 21.8 Å². The van der Waals surface area contributed by atoms with Gasteiger partial charge in [0, 0.05) is 13.1 Å². The largest absolute Gasteiger partial charge is 0.348 e. The van der Waals surface area contributed by atoms with Gasteiger partial charge in [-0.3, -0.25) is 9.59 Å². The molecule has 0 aromatic heterocycles. The molecule has 2 aromatic rings. The molecule has 0 saturated carbocycles. The lowest BCUT2D eigenvalue weighted by atomic mass is 10.1. The summed E-state index contributed by atoms with van der Waals surface area (Å²) in [4.78, 5) is 23.4. The quantitative estimate of drug-likeness (QED) is 0.632. The lowest BCUT2D eigenvalue weighted by Crippen LogP contribution is -2.40. The van der Waals surface area contributed by atoms with E-state index in [1.807, 2.05) is 0 Å². The van der Waals surface area contributed by atoms with Crippen molar-refractivity contribution in [2.45, 2.75) is 17.9 Å². The minimum Gasteiger partial charge on any atom is -0.348 e. The number of sulfonamides is 1. The van der Waals surface area contributed by atoms with E-state index in [1.165, 1.54) is 36.4 Å². The lowest BCUT2D eigenvalue weighted by Gasteiger charge is -2.07. The van der Waals surface area contributed by atoms with Crippen molar-refractivity contribution in [2.75, 3.05) is 6.54 Å². The van der Waals surface area contributed by atoms with E-state index in [0.29, 0.717) is 12.0 Å². The Kier molecular flexibility index (Phi) is 6.42. The van der Waals surface area contributed by atoms with E-state index >= 15 is 0 Å². The minimum absolute atomic E-state index is 0.0360. The molecule has 0 spiro atoms. The third-order valence-corrected chi connectivity index (χ3v) is 4.45. The number of primary sulfonamides is 1. The summed E-state index contributed by atoms with van der Waals surface area (Å²) in [5.74, 6) is -1.93. The van der Waals surface area contributed by atoms with Crippen molar-refractivity contribution in [3.63, 3.8) is 0 Å². The van der Waals surface area contributed by atoms with Crippen LogP contribution >= 0.6 is 0 Å². The summed E-state index contributed by atoms with van der Waals surface area (Å²) in [5.41, 5.74) is 1.45. The van der Waals surface area contributed by atoms with Crippen LogP contribution in [0.15, 0.2) is 53.4 Å². The van der Waals surface area contributed by atoms with Crippen molar-refractivity contribution in [3.05, 3.63) is 65.5 Å². The number of hydrogen-bond donors (Lipinski definition) is 3. The zero-order chi connectivity index (χ0) is 19.2. The van der Waals surface area contributed by atoms with E-state index in [4.69, 9.17) is 5.14 Å². The summed E-state index contributed by atoms with van der Waals surface area (Å²) >= 11 is 0. The Balaban J connectivity index is 1.76. The van der Waals surface area contributed by atoms with E-state index in [0.717, 1.165) is 5.56 Å². The van der Waals surface area contributed by atoms with Crippen molar-refractivity contribution in [1.82, 2.24) is 10.6 Å². The number of nitrogens with one attached hydrogen (secondary N) is 2. The van der Waals surface area contributed by atoms with Crippen LogP contribution in [-0.4, -0.2) is 26.8 Å². The van der Waals surface area contributed by atoms with E-state index in [-0.39, 0.29) is 23.8 Å². The van der Waals surface area contributed by atoms with Crippen LogP contribution in [0, 0.1) is 5.82 Å². The first kappa shape index (κ1) is 19.5. The Morgan fingerprint density at radius 3 is 2.00 bits per heavy atom. The predicted octanol–water partition coefficient (Wildman–Crippen LogP) is 0.448. The molecule has 0 radical (unpaired) electrons. The summed E-state index contributed by atoms with van der Waals surface area (Å²) < 4.78 is 35.1. The summed E-state index contributed by atoms with van der Waals surface area (Å²) in [6.45, 7) is 0.302. The van der Waals surface area contributed by atoms with Gasteiger partial charge in [0.2, 0.25) is 10.0 Å². The van der Waals surface area contributed by atoms with E-state index in [1.54, 1.807) is 12.1 Å². The first-order valence-corrected chi connectivity index (χ1v) is 9.22. The van der Waals surface area contributed by atoms with Crippen LogP contribution in [0.5, 0.6) is 0 Å². The third kappa shape index (κ3) is 5.94. The standard InChI is InChI=1S/C17H18FN3O4S/c18-14-5-1-12(2-6-14)9-10-20-16(22)17(23)21-11-13-3-7-15(8-4-13)26(19,24)25/h1-8H,9-11H2,(H,20,22)(H,21,23)(H2,19,24,25). The summed E-state index contributed by atoms with van der Waals surface area (Å²) in [7, 11) is -3.77. The van der Waals surface area contributed by atoms with Crippen molar-refractivity contribution in [3.8, 4) is 0 Å². The molecule has 0 unspecified atom stereocenters. The van der Waals surface area contributed by atoms with Crippen LogP contribution in [0.2, 0.25) is 0 Å². The van der Waals surface area contributed by atoms with Crippen LogP contribution < -0.4 is 15.8 Å². The molecule has 0 aliphatic heterocycles. The van der Waals surface area contributed by atoms with Gasteiger partial charge in [0.15, 0.2) is 0 Å². The topological polar surface area (TPSA) is 118 Å². The number of hydrogen-bond acceptors (Lipinski definition) is 4. The highest BCUT2D eigenvalue weighted by atomic mass is 32.2. The fourth-order valence-electron chi connectivity index (χ4n) is 2.11. The molecule has 2 aromatic carbocycles. The second-order valence-electron chi connectivity index (χ2n) is 5.50. The Labute approximate surface area is 150 Å². The molecule has 0 saturated heterocycles. The molecular weight excluding hydrogens is 361 g/mol. The van der Waals surface area contributed by atoms with Crippen LogP contribution in [0.3, 0.4) is 0 Å². The highest BCUT2D eigenvalue weighted by molar-refractivity contribution is 7.89. The van der Waals surface area contributed by atoms with E-state index in [2.05, 4.69) is 10.6 Å². The maximum atomic E-state index is 12.8. The Morgan fingerprint density at radius 2 is 1.42 bits per heavy atom. The summed E-state index contributed by atoms with van der Waals surface area (Å²) in [5, 5.41) is 9.90. The molecule has 0 heterocycles. The Morgan fingerprint density at radius 1 is 0.885 bits per heavy atom. The van der Waals surface area contributed by atoms with Crippen LogP contribution in [-0.2, 0) is 32.6 Å². The zero-order valence-corrected chi connectivity index (χ0v) is 14.6. The Hall–Kier alpha value is -2.78. The zero-order valence-electron chi connectivity index (χ0n) is 13.7. The smallest absolute Gasteiger partial charge is 0.309 e. The second kappa shape index (κ2) is 8.54. The SMILES string of the molecule is NS(=O)(=O)c1ccc(CNC(=O)C(=O)NCCc2ccc(F)cc2)cc1. The molecule has 4 N–H and O–H groups in total. The number of amides is 2. The molecule has 26 heavy (non-hydrogen) atoms. The fraction of sp³-hybridized carbons (Fsp3) is 0.176. The molecule has 9 heteroatoms. The summed E-state index contributed by atoms with van der Waals surface area (Å²) in [6, 6.07) is 11.5. The summed E-state index contributed by atoms with van der Waals surface area (Å²) in [6.07, 6.45) is 0.467. The van der Waals surface area contributed by atoms with Gasteiger partial charge in [-0.05, 0) is 41.8 Å². The first-order chi connectivity index (χ1) is 12.3. The number of rotatable bonds is 6. The van der Waals surface area contributed by atoms with Crippen LogP contribution in [0.4, 0.5) is 4.39 Å². The number of nitrogens with two attached hydrogens (primary N) is 1. The lowest BCUT2D eigenvalue weighted by molar-refractivity contribution is -0.139. The number of carbonyl (C=O) groups is 2. The van der Waals surface area contributed by atoms with Gasteiger partial charge < -0.3 is 10.6 Å². The van der Waals surface area contributed by atoms with Gasteiger partial charge in [-0.15, -0.1) is 0 Å². The molecule has 7 nitrogen and oxygen atoms in total. The number of benzene rings is 2. The van der Waals surface area contributed by atoms with Gasteiger partial charge >= 0.3 is 11.8 Å². The maximum Gasteiger partial charge on any atom is 0.309 e. The fourth-order valence-corrected chi connectivity index (χ4v) is 2.63. The van der Waals surface area contributed by atoms with Crippen LogP contribution in [0.1, 0.15) is 11.1 Å². The molecule has 2 amide bonds. The Bertz CT molecular complexity index is 881. The molecule has 0 atom stereocenters. The molecule has 0 fully saturated rings. The van der Waals surface area contributed by atoms with Crippen molar-refractivity contribution >= 4 is 21.8 Å². The molecule has 0 bridgehead atoms. The van der Waals surface area contributed by atoms with Gasteiger partial charge in [-0.1, -0.05) is 24.3 Å². The normalized spacial score (nSPS) is 11.0. The molecule has 2 rings (SSSR count). The number of carbonyl (C=O) groups excluding carboxylic acids is 2. The average molecular weight is 379 g/mol. The second-order valence-corrected chi connectivity index (χ2v) is 7.07. The third-order valence-electron chi connectivity index (χ3n) is 3.52. The van der Waals surface area contributed by atoms with Gasteiger partial charge in [-0.25, -0.2) is 17.9 Å². The monoisotopic (exact) mass is 379 g/mol. The molecule has 138 valence electrons. The van der Waals surface area contributed by atoms with Crippen molar-refractivity contribution < 1.29 is 22.4 Å². The highest BCUT2D eigenvalue weighted by Gasteiger charge is 2.13. The molecular formula is C17H18FN3O4S. The average Bonchev–Trinajstić information content (AvgIpc) is 2.61. The van der Waals surface area contributed by atoms with Crippen molar-refractivity contribution in [2.24, 2.45) is 5.14 Å². The van der Waals surface area contributed by atoms with Crippen LogP contribution in [0.25, 0.3) is 0 Å². The maximum absolute atomic E-state index is 12.8. The van der Waals surface area contributed by atoms with Gasteiger partial charge in [0.05, 0.1) is 4.90 Å². The van der Waals surface area contributed by atoms with Gasteiger partial charge in [0.25, 0.3) is 0 Å². The van der Waals surface area contributed by atoms with Crippen molar-refractivity contribution in [1.29, 1.82) is 0 Å². The predicted molar refractivity (Wildman–Crippen MR) is 92.8 cm³/mol. The highest BCUT2D eigenvalue weighted by Crippen LogP contribution is 2.08. The number of halogens is 1. The first-order valence-electron chi connectivity index (χ1n) is 7.68. The van der Waals surface area contributed by atoms with E-state index in [9.17, 15) is 22.4 Å².